The quantitative estimate of drug-likeness (QED) is 0.675. The van der Waals surface area contributed by atoms with E-state index in [1.165, 1.54) is 11.8 Å². The summed E-state index contributed by atoms with van der Waals surface area (Å²) in [5, 5.41) is 7.91. The molecule has 0 spiro atoms. The van der Waals surface area contributed by atoms with Crippen LogP contribution in [-0.4, -0.2) is 31.4 Å². The maximum Gasteiger partial charge on any atom is 0.270 e. The van der Waals surface area contributed by atoms with Crippen LogP contribution in [0.4, 0.5) is 0 Å². The Morgan fingerprint density at radius 1 is 1.32 bits per heavy atom. The second-order valence-corrected chi connectivity index (χ2v) is 6.30. The van der Waals surface area contributed by atoms with Gasteiger partial charge in [0, 0.05) is 30.5 Å². The molecule has 7 heteroatoms. The zero-order chi connectivity index (χ0) is 16.3. The van der Waals surface area contributed by atoms with Gasteiger partial charge in [0.25, 0.3) is 5.91 Å². The highest BCUT2D eigenvalue weighted by Crippen LogP contribution is 2.14. The molecule has 22 heavy (non-hydrogen) atoms. The molecular formula is C15H21N5OS. The second-order valence-electron chi connectivity index (χ2n) is 5.07. The molecule has 0 radical (unpaired) electrons. The van der Waals surface area contributed by atoms with E-state index in [1.54, 1.807) is 6.07 Å². The van der Waals surface area contributed by atoms with Gasteiger partial charge in [-0.05, 0) is 32.6 Å². The normalized spacial score (nSPS) is 10.8. The molecule has 1 amide bonds. The number of carbonyl (C=O) groups excluding carboxylic acids is 1. The zero-order valence-electron chi connectivity index (χ0n) is 13.6. The van der Waals surface area contributed by atoms with Gasteiger partial charge in [-0.15, -0.1) is 0 Å². The van der Waals surface area contributed by atoms with Gasteiger partial charge in [-0.2, -0.15) is 5.10 Å². The van der Waals surface area contributed by atoms with E-state index >= 15 is 0 Å². The largest absolute Gasteiger partial charge is 0.346 e. The van der Waals surface area contributed by atoms with Gasteiger partial charge in [-0.25, -0.2) is 9.97 Å². The number of carbonyl (C=O) groups is 1. The minimum absolute atomic E-state index is 0.189. The Balaban J connectivity index is 2.12. The molecule has 6 nitrogen and oxygen atoms in total. The maximum atomic E-state index is 12.3. The Morgan fingerprint density at radius 3 is 2.64 bits per heavy atom. The highest BCUT2D eigenvalue weighted by molar-refractivity contribution is 7.99. The van der Waals surface area contributed by atoms with Gasteiger partial charge in [-0.1, -0.05) is 18.7 Å². The van der Waals surface area contributed by atoms with Crippen LogP contribution < -0.4 is 5.32 Å². The molecule has 0 atom stereocenters. The summed E-state index contributed by atoms with van der Waals surface area (Å²) >= 11 is 1.53. The van der Waals surface area contributed by atoms with E-state index in [0.29, 0.717) is 17.4 Å². The Hall–Kier alpha value is -1.89. The first-order valence-corrected chi connectivity index (χ1v) is 8.16. The molecule has 1 N–H and O–H groups in total. The highest BCUT2D eigenvalue weighted by Gasteiger charge is 2.14. The summed E-state index contributed by atoms with van der Waals surface area (Å²) in [6, 6.07) is 1.71. The lowest BCUT2D eigenvalue weighted by molar-refractivity contribution is 0.0944. The van der Waals surface area contributed by atoms with Crippen LogP contribution in [0, 0.1) is 20.8 Å². The number of nitrogens with one attached hydrogen (secondary N) is 1. The molecule has 0 fully saturated rings. The average Bonchev–Trinajstić information content (AvgIpc) is 2.69. The molecule has 0 saturated carbocycles. The first kappa shape index (κ1) is 16.5. The summed E-state index contributed by atoms with van der Waals surface area (Å²) in [5.74, 6) is 0.685. The molecule has 2 aromatic heterocycles. The molecule has 0 aliphatic carbocycles. The van der Waals surface area contributed by atoms with E-state index in [9.17, 15) is 4.79 Å². The minimum Gasteiger partial charge on any atom is -0.346 e. The van der Waals surface area contributed by atoms with Gasteiger partial charge >= 0.3 is 0 Å². The van der Waals surface area contributed by atoms with Gasteiger partial charge in [-0.3, -0.25) is 9.48 Å². The lowest BCUT2D eigenvalue weighted by Crippen LogP contribution is -2.25. The molecule has 0 unspecified atom stereocenters. The van der Waals surface area contributed by atoms with Crippen molar-refractivity contribution in [3.8, 4) is 0 Å². The molecule has 0 aliphatic heterocycles. The van der Waals surface area contributed by atoms with Crippen LogP contribution in [0.1, 0.15) is 40.1 Å². The summed E-state index contributed by atoms with van der Waals surface area (Å²) in [6.07, 6.45) is 0. The SMILES string of the molecule is CCSc1nc(C)cc(C(=O)NCc2c(C)nn(C)c2C)n1. The third-order valence-corrected chi connectivity index (χ3v) is 4.15. The standard InChI is InChI=1S/C15H21N5OS/c1-6-22-15-17-9(2)7-13(18-15)14(21)16-8-12-10(3)19-20(5)11(12)4/h7H,6,8H2,1-5H3,(H,16,21). The molecule has 0 aromatic carbocycles. The van der Waals surface area contributed by atoms with Crippen molar-refractivity contribution in [3.05, 3.63) is 34.4 Å². The van der Waals surface area contributed by atoms with Gasteiger partial charge in [0.15, 0.2) is 5.16 Å². The number of hydrogen-bond donors (Lipinski definition) is 1. The molecule has 0 saturated heterocycles. The van der Waals surface area contributed by atoms with Crippen LogP contribution in [0.15, 0.2) is 11.2 Å². The first-order chi connectivity index (χ1) is 10.4. The fourth-order valence-corrected chi connectivity index (χ4v) is 2.81. The minimum atomic E-state index is -0.189. The average molecular weight is 319 g/mol. The maximum absolute atomic E-state index is 12.3. The number of hydrogen-bond acceptors (Lipinski definition) is 5. The van der Waals surface area contributed by atoms with Gasteiger partial charge in [0.05, 0.1) is 5.69 Å². The Bertz CT molecular complexity index is 695. The summed E-state index contributed by atoms with van der Waals surface area (Å²) < 4.78 is 1.82. The van der Waals surface area contributed by atoms with Crippen molar-refractivity contribution in [1.82, 2.24) is 25.1 Å². The van der Waals surface area contributed by atoms with Gasteiger partial charge in [0.1, 0.15) is 5.69 Å². The van der Waals surface area contributed by atoms with Crippen LogP contribution in [0.3, 0.4) is 0 Å². The predicted octanol–water partition coefficient (Wildman–Crippen LogP) is 2.18. The van der Waals surface area contributed by atoms with Crippen LogP contribution >= 0.6 is 11.8 Å². The van der Waals surface area contributed by atoms with Gasteiger partial charge in [0.2, 0.25) is 0 Å². The first-order valence-electron chi connectivity index (χ1n) is 7.18. The van der Waals surface area contributed by atoms with Crippen molar-refractivity contribution in [2.24, 2.45) is 7.05 Å². The van der Waals surface area contributed by atoms with E-state index < -0.39 is 0 Å². The van der Waals surface area contributed by atoms with E-state index in [-0.39, 0.29) is 5.91 Å². The molecular weight excluding hydrogens is 298 g/mol. The number of nitrogens with zero attached hydrogens (tertiary/aromatic N) is 4. The van der Waals surface area contributed by atoms with Crippen molar-refractivity contribution in [2.75, 3.05) is 5.75 Å². The number of thioether (sulfide) groups is 1. The van der Waals surface area contributed by atoms with Crippen LogP contribution in [0.2, 0.25) is 0 Å². The summed E-state index contributed by atoms with van der Waals surface area (Å²) in [4.78, 5) is 20.9. The predicted molar refractivity (Wildman–Crippen MR) is 87.0 cm³/mol. The molecule has 2 rings (SSSR count). The molecule has 0 bridgehead atoms. The summed E-state index contributed by atoms with van der Waals surface area (Å²) in [7, 11) is 1.90. The smallest absolute Gasteiger partial charge is 0.270 e. The third-order valence-electron chi connectivity index (χ3n) is 3.42. The Kier molecular flexibility index (Phi) is 5.18. The van der Waals surface area contributed by atoms with E-state index in [4.69, 9.17) is 0 Å². The van der Waals surface area contributed by atoms with E-state index in [2.05, 4.69) is 20.4 Å². The van der Waals surface area contributed by atoms with Crippen molar-refractivity contribution < 1.29 is 4.79 Å². The number of aryl methyl sites for hydroxylation is 3. The molecule has 2 heterocycles. The lowest BCUT2D eigenvalue weighted by Gasteiger charge is -2.07. The van der Waals surface area contributed by atoms with Gasteiger partial charge < -0.3 is 5.32 Å². The number of amides is 1. The monoisotopic (exact) mass is 319 g/mol. The van der Waals surface area contributed by atoms with E-state index in [1.807, 2.05) is 39.4 Å². The fourth-order valence-electron chi connectivity index (χ4n) is 2.18. The molecule has 0 aliphatic rings. The number of aromatic nitrogens is 4. The van der Waals surface area contributed by atoms with Crippen LogP contribution in [0.5, 0.6) is 0 Å². The Morgan fingerprint density at radius 2 is 2.05 bits per heavy atom. The van der Waals surface area contributed by atoms with Crippen LogP contribution in [-0.2, 0) is 13.6 Å². The fraction of sp³-hybridized carbons (Fsp3) is 0.467. The Labute approximate surface area is 134 Å². The second kappa shape index (κ2) is 6.91. The lowest BCUT2D eigenvalue weighted by atomic mass is 10.2. The topological polar surface area (TPSA) is 72.7 Å². The molecule has 118 valence electrons. The van der Waals surface area contributed by atoms with Crippen molar-refractivity contribution >= 4 is 17.7 Å². The zero-order valence-corrected chi connectivity index (χ0v) is 14.4. The highest BCUT2D eigenvalue weighted by atomic mass is 32.2. The van der Waals surface area contributed by atoms with Crippen LogP contribution in [0.25, 0.3) is 0 Å². The van der Waals surface area contributed by atoms with E-state index in [0.717, 1.165) is 28.4 Å². The van der Waals surface area contributed by atoms with Crippen molar-refractivity contribution in [1.29, 1.82) is 0 Å². The summed E-state index contributed by atoms with van der Waals surface area (Å²) in [6.45, 7) is 8.28. The summed E-state index contributed by atoms with van der Waals surface area (Å²) in [5.41, 5.74) is 4.23. The third kappa shape index (κ3) is 3.65. The van der Waals surface area contributed by atoms with Crippen molar-refractivity contribution in [3.63, 3.8) is 0 Å². The number of rotatable bonds is 5. The molecule has 2 aromatic rings. The van der Waals surface area contributed by atoms with Crippen molar-refractivity contribution in [2.45, 2.75) is 39.4 Å².